The van der Waals surface area contributed by atoms with Gasteiger partial charge < -0.3 is 9.13 Å². The van der Waals surface area contributed by atoms with Crippen LogP contribution >= 0.6 is 0 Å². The van der Waals surface area contributed by atoms with E-state index in [9.17, 15) is 5.26 Å². The summed E-state index contributed by atoms with van der Waals surface area (Å²) in [7, 11) is 0. The molecule has 4 heterocycles. The average molecular weight is 702 g/mol. The molecule has 10 aromatic rings. The third-order valence-electron chi connectivity index (χ3n) is 9.85. The lowest BCUT2D eigenvalue weighted by Gasteiger charge is -2.21. The number of nitrogens with zero attached hydrogens (tertiary/aromatic N) is 7. The molecule has 0 atom stereocenters. The average Bonchev–Trinajstić information content (AvgIpc) is 3.72. The smallest absolute Gasteiger partial charge is 0.159 e. The van der Waals surface area contributed by atoms with Crippen molar-refractivity contribution in [1.82, 2.24) is 29.1 Å². The third-order valence-corrected chi connectivity index (χ3v) is 9.85. The van der Waals surface area contributed by atoms with Crippen LogP contribution < -0.4 is 0 Å². The predicted octanol–water partition coefficient (Wildman–Crippen LogP) is 10.6. The Labute approximate surface area is 306 Å². The first-order valence-electron chi connectivity index (χ1n) is 17.2. The van der Waals surface area contributed by atoms with Crippen LogP contribution in [-0.2, 0) is 0 Å². The summed E-state index contributed by atoms with van der Waals surface area (Å²) in [6.07, 6.45) is 6.83. The van der Waals surface area contributed by atoms with Crippen molar-refractivity contribution in [1.29, 1.82) is 5.26 Å². The van der Waals surface area contributed by atoms with E-state index in [1.165, 1.54) is 12.1 Å². The van der Waals surface area contributed by atoms with Gasteiger partial charge in [-0.2, -0.15) is 5.26 Å². The summed E-state index contributed by atoms with van der Waals surface area (Å²) in [5, 5.41) is 14.4. The maximum absolute atomic E-state index is 15.3. The van der Waals surface area contributed by atoms with Gasteiger partial charge in [0.25, 0.3) is 0 Å². The minimum atomic E-state index is -0.712. The summed E-state index contributed by atoms with van der Waals surface area (Å²) in [6, 6.07) is 41.1. The summed E-state index contributed by atoms with van der Waals surface area (Å²) >= 11 is 0. The van der Waals surface area contributed by atoms with E-state index < -0.39 is 11.6 Å². The third kappa shape index (κ3) is 4.93. The van der Waals surface area contributed by atoms with Gasteiger partial charge in [0.2, 0.25) is 0 Å². The molecular formula is C45H25F2N7. The van der Waals surface area contributed by atoms with E-state index in [4.69, 9.17) is 0 Å². The van der Waals surface area contributed by atoms with Crippen LogP contribution in [0, 0.1) is 23.0 Å². The van der Waals surface area contributed by atoms with Gasteiger partial charge in [0, 0.05) is 69.1 Å². The molecule has 0 aliphatic heterocycles. The van der Waals surface area contributed by atoms with Gasteiger partial charge in [0.1, 0.15) is 11.6 Å². The van der Waals surface area contributed by atoms with E-state index in [1.807, 2.05) is 72.8 Å². The molecule has 10 rings (SSSR count). The topological polar surface area (TPSA) is 85.2 Å². The van der Waals surface area contributed by atoms with Crippen LogP contribution in [0.1, 0.15) is 5.56 Å². The molecule has 0 saturated carbocycles. The first-order valence-corrected chi connectivity index (χ1v) is 17.2. The molecule has 0 unspecified atom stereocenters. The lowest BCUT2D eigenvalue weighted by Crippen LogP contribution is -2.05. The highest BCUT2D eigenvalue weighted by molar-refractivity contribution is 6.13. The highest BCUT2D eigenvalue weighted by Gasteiger charge is 2.24. The molecule has 0 aliphatic carbocycles. The fourth-order valence-corrected chi connectivity index (χ4v) is 7.66. The molecule has 9 heteroatoms. The van der Waals surface area contributed by atoms with Gasteiger partial charge in [0.05, 0.1) is 45.1 Å². The lowest BCUT2D eigenvalue weighted by molar-refractivity contribution is 0.584. The second-order valence-electron chi connectivity index (χ2n) is 13.0. The van der Waals surface area contributed by atoms with Crippen molar-refractivity contribution in [3.63, 3.8) is 0 Å². The summed E-state index contributed by atoms with van der Waals surface area (Å²) in [6.45, 7) is 0. The Morgan fingerprint density at radius 1 is 0.444 bits per heavy atom. The molecule has 0 fully saturated rings. The molecule has 254 valence electrons. The molecule has 0 N–H and O–H groups in total. The Balaban J connectivity index is 1.34. The standard InChI is InChI=1S/C45H25F2N7/c46-31-21-30(22-32(47)25-31)43-41(53-37-9-3-1-7-33(37)35-23-28(11-13-39(35)53)44-49-15-5-16-50-44)19-27(26-48)20-42(43)54-38-10-4-2-8-34(38)36-24-29(12-14-40(36)54)45-51-17-6-18-52-45/h1-25H. The van der Waals surface area contributed by atoms with Crippen molar-refractivity contribution in [3.8, 4) is 51.3 Å². The molecular weight excluding hydrogens is 677 g/mol. The maximum atomic E-state index is 15.3. The Bertz CT molecular complexity index is 2950. The molecule has 0 amide bonds. The van der Waals surface area contributed by atoms with Crippen LogP contribution in [0.25, 0.3) is 88.9 Å². The van der Waals surface area contributed by atoms with Crippen LogP contribution in [0.3, 0.4) is 0 Å². The molecule has 0 spiro atoms. The summed E-state index contributed by atoms with van der Waals surface area (Å²) in [4.78, 5) is 17.9. The number of aromatic nitrogens is 6. The monoisotopic (exact) mass is 701 g/mol. The van der Waals surface area contributed by atoms with Crippen molar-refractivity contribution in [2.45, 2.75) is 0 Å². The van der Waals surface area contributed by atoms with Gasteiger partial charge in [-0.3, -0.25) is 0 Å². The van der Waals surface area contributed by atoms with Gasteiger partial charge in [-0.25, -0.2) is 28.7 Å². The number of hydrogen-bond acceptors (Lipinski definition) is 5. The number of nitriles is 1. The zero-order valence-electron chi connectivity index (χ0n) is 28.3. The minimum Gasteiger partial charge on any atom is -0.308 e. The van der Waals surface area contributed by atoms with Gasteiger partial charge in [0.15, 0.2) is 11.6 Å². The van der Waals surface area contributed by atoms with Crippen molar-refractivity contribution in [2.75, 3.05) is 0 Å². The lowest BCUT2D eigenvalue weighted by atomic mass is 9.97. The quantitative estimate of drug-likeness (QED) is 0.178. The van der Waals surface area contributed by atoms with Crippen molar-refractivity contribution in [2.24, 2.45) is 0 Å². The Kier molecular flexibility index (Phi) is 7.10. The van der Waals surface area contributed by atoms with Gasteiger partial charge in [-0.05, 0) is 90.5 Å². The molecule has 6 aromatic carbocycles. The normalized spacial score (nSPS) is 11.5. The summed E-state index contributed by atoms with van der Waals surface area (Å²) < 4.78 is 34.7. The Morgan fingerprint density at radius 2 is 0.889 bits per heavy atom. The largest absolute Gasteiger partial charge is 0.308 e. The predicted molar refractivity (Wildman–Crippen MR) is 207 cm³/mol. The second-order valence-corrected chi connectivity index (χ2v) is 13.0. The zero-order valence-corrected chi connectivity index (χ0v) is 28.3. The first-order chi connectivity index (χ1) is 26.6. The van der Waals surface area contributed by atoms with Gasteiger partial charge in [-0.15, -0.1) is 0 Å². The minimum absolute atomic E-state index is 0.322. The van der Waals surface area contributed by atoms with Gasteiger partial charge >= 0.3 is 0 Å². The SMILES string of the molecule is N#Cc1cc(-n2c3ccccc3c3cc(-c4ncccn4)ccc32)c(-c2cc(F)cc(F)c2)c(-n2c3ccccc3c3cc(-c4ncccn4)ccc32)c1. The van der Waals surface area contributed by atoms with Crippen LogP contribution in [0.15, 0.2) is 152 Å². The van der Waals surface area contributed by atoms with Crippen molar-refractivity contribution >= 4 is 43.6 Å². The van der Waals surface area contributed by atoms with E-state index in [1.54, 1.807) is 49.1 Å². The van der Waals surface area contributed by atoms with E-state index in [2.05, 4.69) is 47.3 Å². The number of halogens is 2. The number of benzene rings is 6. The highest BCUT2D eigenvalue weighted by atomic mass is 19.1. The summed E-state index contributed by atoms with van der Waals surface area (Å²) in [5.41, 5.74) is 7.49. The molecule has 54 heavy (non-hydrogen) atoms. The number of hydrogen-bond donors (Lipinski definition) is 0. The number of fused-ring (bicyclic) bond motifs is 6. The van der Waals surface area contributed by atoms with Crippen molar-refractivity contribution in [3.05, 3.63) is 169 Å². The maximum Gasteiger partial charge on any atom is 0.159 e. The van der Waals surface area contributed by atoms with Crippen LogP contribution in [0.5, 0.6) is 0 Å². The van der Waals surface area contributed by atoms with E-state index in [0.717, 1.165) is 60.8 Å². The Morgan fingerprint density at radius 3 is 1.35 bits per heavy atom. The zero-order chi connectivity index (χ0) is 36.3. The highest BCUT2D eigenvalue weighted by Crippen LogP contribution is 2.44. The molecule has 0 saturated heterocycles. The number of para-hydroxylation sites is 2. The second kappa shape index (κ2) is 12.3. The van der Waals surface area contributed by atoms with Crippen molar-refractivity contribution < 1.29 is 8.78 Å². The molecule has 0 radical (unpaired) electrons. The molecule has 4 aromatic heterocycles. The molecule has 7 nitrogen and oxygen atoms in total. The van der Waals surface area contributed by atoms with Crippen LogP contribution in [-0.4, -0.2) is 29.1 Å². The van der Waals surface area contributed by atoms with E-state index in [-0.39, 0.29) is 0 Å². The van der Waals surface area contributed by atoms with Crippen LogP contribution in [0.4, 0.5) is 8.78 Å². The summed E-state index contributed by atoms with van der Waals surface area (Å²) in [5.74, 6) is -0.241. The van der Waals surface area contributed by atoms with Gasteiger partial charge in [-0.1, -0.05) is 36.4 Å². The fourth-order valence-electron chi connectivity index (χ4n) is 7.66. The molecule has 0 bridgehead atoms. The van der Waals surface area contributed by atoms with Crippen LogP contribution in [0.2, 0.25) is 0 Å². The number of rotatable bonds is 5. The Hall–Kier alpha value is -7.57. The van der Waals surface area contributed by atoms with E-state index in [0.29, 0.717) is 39.7 Å². The van der Waals surface area contributed by atoms with E-state index >= 15 is 8.78 Å². The first kappa shape index (κ1) is 31.2. The fraction of sp³-hybridized carbons (Fsp3) is 0. The molecule has 0 aliphatic rings.